The van der Waals surface area contributed by atoms with Gasteiger partial charge in [0.25, 0.3) is 5.91 Å². The summed E-state index contributed by atoms with van der Waals surface area (Å²) in [4.78, 5) is 12.1. The Morgan fingerprint density at radius 2 is 1.96 bits per heavy atom. The molecule has 0 aliphatic carbocycles. The van der Waals surface area contributed by atoms with Crippen LogP contribution in [0.5, 0.6) is 5.75 Å². The van der Waals surface area contributed by atoms with Crippen LogP contribution in [0.4, 0.5) is 0 Å². The Balaban J connectivity index is 2.33. The van der Waals surface area contributed by atoms with Gasteiger partial charge in [0, 0.05) is 30.7 Å². The Morgan fingerprint density at radius 1 is 1.27 bits per heavy atom. The molecule has 0 aliphatic rings. The van der Waals surface area contributed by atoms with Crippen molar-refractivity contribution in [2.24, 2.45) is 0 Å². The van der Waals surface area contributed by atoms with Crippen molar-refractivity contribution < 1.29 is 14.3 Å². The zero-order valence-corrected chi connectivity index (χ0v) is 15.5. The van der Waals surface area contributed by atoms with Crippen LogP contribution in [0.25, 0.3) is 11.8 Å². The number of nitrogens with zero attached hydrogens (tertiary/aromatic N) is 2. The van der Waals surface area contributed by atoms with E-state index in [4.69, 9.17) is 9.47 Å². The maximum Gasteiger partial charge on any atom is 0.262 e. The molecular weight excluding hydrogens is 330 g/mol. The van der Waals surface area contributed by atoms with E-state index >= 15 is 0 Å². The molecule has 0 radical (unpaired) electrons. The quantitative estimate of drug-likeness (QED) is 0.472. The van der Waals surface area contributed by atoms with Crippen LogP contribution < -0.4 is 10.1 Å². The van der Waals surface area contributed by atoms with Gasteiger partial charge >= 0.3 is 0 Å². The third-order valence-electron chi connectivity index (χ3n) is 4.06. The minimum atomic E-state index is -0.404. The first-order chi connectivity index (χ1) is 12.5. The number of aromatic nitrogens is 1. The smallest absolute Gasteiger partial charge is 0.262 e. The Bertz CT molecular complexity index is 842. The van der Waals surface area contributed by atoms with E-state index in [9.17, 15) is 10.1 Å². The first-order valence-electron chi connectivity index (χ1n) is 8.24. The topological polar surface area (TPSA) is 76.3 Å². The standard InChI is InChI=1S/C20H23N3O3/c1-14-11-16(12-17(13-21)20(24)22-9-10-25-3)15(2)23(14)18-5-7-19(26-4)8-6-18/h5-8,11-12H,9-10H2,1-4H3,(H,22,24)/b17-12-. The number of benzene rings is 1. The van der Waals surface area contributed by atoms with Crippen LogP contribution in [-0.2, 0) is 9.53 Å². The fraction of sp³-hybridized carbons (Fsp3) is 0.300. The van der Waals surface area contributed by atoms with Crippen LogP contribution in [0, 0.1) is 25.2 Å². The summed E-state index contributed by atoms with van der Waals surface area (Å²) in [7, 11) is 3.19. The van der Waals surface area contributed by atoms with Crippen LogP contribution in [-0.4, -0.2) is 37.8 Å². The van der Waals surface area contributed by atoms with Crippen LogP contribution in [0.15, 0.2) is 35.9 Å². The second-order valence-corrected chi connectivity index (χ2v) is 5.78. The largest absolute Gasteiger partial charge is 0.497 e. The SMILES string of the molecule is COCCNC(=O)/C(C#N)=C\c1cc(C)n(-c2ccc(OC)cc2)c1C. The van der Waals surface area contributed by atoms with Gasteiger partial charge in [0.15, 0.2) is 0 Å². The molecule has 6 heteroatoms. The van der Waals surface area contributed by atoms with Crippen molar-refractivity contribution in [3.8, 4) is 17.5 Å². The molecule has 6 nitrogen and oxygen atoms in total. The first kappa shape index (κ1) is 19.3. The van der Waals surface area contributed by atoms with E-state index in [-0.39, 0.29) is 5.57 Å². The molecule has 0 fully saturated rings. The molecule has 136 valence electrons. The number of nitriles is 1. The predicted molar refractivity (Wildman–Crippen MR) is 100 cm³/mol. The fourth-order valence-electron chi connectivity index (χ4n) is 2.73. The van der Waals surface area contributed by atoms with Gasteiger partial charge in [0.2, 0.25) is 0 Å². The predicted octanol–water partition coefficient (Wildman–Crippen LogP) is 2.77. The van der Waals surface area contributed by atoms with Gasteiger partial charge in [0.05, 0.1) is 13.7 Å². The Labute approximate surface area is 153 Å². The third-order valence-corrected chi connectivity index (χ3v) is 4.06. The molecule has 1 aromatic heterocycles. The van der Waals surface area contributed by atoms with Crippen LogP contribution in [0.1, 0.15) is 17.0 Å². The van der Waals surface area contributed by atoms with Gasteiger partial charge in [-0.3, -0.25) is 4.79 Å². The van der Waals surface area contributed by atoms with Crippen LogP contribution in [0.3, 0.4) is 0 Å². The van der Waals surface area contributed by atoms with Gasteiger partial charge in [-0.15, -0.1) is 0 Å². The average molecular weight is 353 g/mol. The van der Waals surface area contributed by atoms with Crippen molar-refractivity contribution in [3.63, 3.8) is 0 Å². The van der Waals surface area contributed by atoms with Crippen molar-refractivity contribution in [3.05, 3.63) is 52.9 Å². The van der Waals surface area contributed by atoms with Crippen molar-refractivity contribution in [2.45, 2.75) is 13.8 Å². The molecule has 0 saturated carbocycles. The minimum absolute atomic E-state index is 0.0658. The summed E-state index contributed by atoms with van der Waals surface area (Å²) >= 11 is 0. The number of amides is 1. The highest BCUT2D eigenvalue weighted by atomic mass is 16.5. The maximum atomic E-state index is 12.1. The second-order valence-electron chi connectivity index (χ2n) is 5.78. The van der Waals surface area contributed by atoms with E-state index in [1.807, 2.05) is 50.2 Å². The normalized spacial score (nSPS) is 11.1. The number of rotatable bonds is 7. The molecule has 2 aromatic rings. The summed E-state index contributed by atoms with van der Waals surface area (Å²) < 4.78 is 12.2. The van der Waals surface area contributed by atoms with Crippen molar-refractivity contribution in [1.82, 2.24) is 9.88 Å². The van der Waals surface area contributed by atoms with Crippen LogP contribution >= 0.6 is 0 Å². The molecule has 1 amide bonds. The summed E-state index contributed by atoms with van der Waals surface area (Å²) in [6, 6.07) is 11.7. The van der Waals surface area contributed by atoms with Crippen molar-refractivity contribution >= 4 is 12.0 Å². The van der Waals surface area contributed by atoms with Gasteiger partial charge in [-0.1, -0.05) is 0 Å². The Hall–Kier alpha value is -3.04. The summed E-state index contributed by atoms with van der Waals surface area (Å²) in [5, 5.41) is 12.0. The van der Waals surface area contributed by atoms with E-state index in [1.165, 1.54) is 0 Å². The highest BCUT2D eigenvalue weighted by molar-refractivity contribution is 6.01. The fourth-order valence-corrected chi connectivity index (χ4v) is 2.73. The monoisotopic (exact) mass is 353 g/mol. The number of aryl methyl sites for hydroxylation is 1. The highest BCUT2D eigenvalue weighted by Crippen LogP contribution is 2.24. The van der Waals surface area contributed by atoms with Gasteiger partial charge in [-0.05, 0) is 55.8 Å². The minimum Gasteiger partial charge on any atom is -0.497 e. The molecule has 1 heterocycles. The number of carbonyl (C=O) groups is 1. The van der Waals surface area contributed by atoms with Gasteiger partial charge < -0.3 is 19.4 Å². The number of methoxy groups -OCH3 is 2. The number of nitrogens with one attached hydrogen (secondary N) is 1. The zero-order chi connectivity index (χ0) is 19.1. The second kappa shape index (κ2) is 8.88. The Morgan fingerprint density at radius 3 is 2.54 bits per heavy atom. The summed E-state index contributed by atoms with van der Waals surface area (Å²) in [5.74, 6) is 0.384. The lowest BCUT2D eigenvalue weighted by Gasteiger charge is -2.10. The van der Waals surface area contributed by atoms with E-state index in [1.54, 1.807) is 20.3 Å². The molecule has 0 aliphatic heterocycles. The lowest BCUT2D eigenvalue weighted by atomic mass is 10.1. The van der Waals surface area contributed by atoms with Gasteiger partial charge in [0.1, 0.15) is 17.4 Å². The lowest BCUT2D eigenvalue weighted by Crippen LogP contribution is -2.27. The molecule has 1 N–H and O–H groups in total. The molecule has 1 aromatic carbocycles. The van der Waals surface area contributed by atoms with E-state index < -0.39 is 5.91 Å². The molecule has 26 heavy (non-hydrogen) atoms. The molecule has 0 spiro atoms. The maximum absolute atomic E-state index is 12.1. The molecule has 0 atom stereocenters. The number of ether oxygens (including phenoxy) is 2. The van der Waals surface area contributed by atoms with Crippen molar-refractivity contribution in [1.29, 1.82) is 5.26 Å². The molecule has 0 bridgehead atoms. The number of hydrogen-bond donors (Lipinski definition) is 1. The van der Waals surface area contributed by atoms with Crippen molar-refractivity contribution in [2.75, 3.05) is 27.4 Å². The highest BCUT2D eigenvalue weighted by Gasteiger charge is 2.13. The zero-order valence-electron chi connectivity index (χ0n) is 15.5. The summed E-state index contributed by atoms with van der Waals surface area (Å²) in [6.45, 7) is 4.70. The number of hydrogen-bond acceptors (Lipinski definition) is 4. The van der Waals surface area contributed by atoms with E-state index in [0.29, 0.717) is 13.2 Å². The van der Waals surface area contributed by atoms with E-state index in [2.05, 4.69) is 9.88 Å². The third kappa shape index (κ3) is 4.32. The average Bonchev–Trinajstić information content (AvgIpc) is 2.93. The molecular formula is C20H23N3O3. The molecule has 0 unspecified atom stereocenters. The van der Waals surface area contributed by atoms with Crippen LogP contribution in [0.2, 0.25) is 0 Å². The Kier molecular flexibility index (Phi) is 6.59. The van der Waals surface area contributed by atoms with Gasteiger partial charge in [-0.25, -0.2) is 0 Å². The van der Waals surface area contributed by atoms with Gasteiger partial charge in [-0.2, -0.15) is 5.26 Å². The summed E-state index contributed by atoms with van der Waals surface area (Å²) in [5.41, 5.74) is 3.84. The lowest BCUT2D eigenvalue weighted by molar-refractivity contribution is -0.117. The summed E-state index contributed by atoms with van der Waals surface area (Å²) in [6.07, 6.45) is 1.62. The first-order valence-corrected chi connectivity index (χ1v) is 8.24. The molecule has 0 saturated heterocycles. The molecule has 2 rings (SSSR count). The van der Waals surface area contributed by atoms with E-state index in [0.717, 1.165) is 28.4 Å². The number of carbonyl (C=O) groups excluding carboxylic acids is 1.